The van der Waals surface area contributed by atoms with Crippen molar-refractivity contribution in [2.45, 2.75) is 50.4 Å². The number of hydrogen-bond acceptors (Lipinski definition) is 5. The van der Waals surface area contributed by atoms with Crippen molar-refractivity contribution in [3.05, 3.63) is 34.9 Å². The van der Waals surface area contributed by atoms with Crippen molar-refractivity contribution in [2.24, 2.45) is 5.73 Å². The van der Waals surface area contributed by atoms with Gasteiger partial charge in [0.2, 0.25) is 11.8 Å². The molecule has 138 valence electrons. The third-order valence-electron chi connectivity index (χ3n) is 6.03. The molecule has 3 amide bonds. The molecule has 0 spiro atoms. The molecule has 1 atom stereocenters. The molecular weight excluding hydrogens is 332 g/mol. The van der Waals surface area contributed by atoms with Gasteiger partial charge in [0.15, 0.2) is 0 Å². The number of nitrogens with zero attached hydrogens (tertiary/aromatic N) is 2. The van der Waals surface area contributed by atoms with E-state index in [4.69, 9.17) is 5.73 Å². The Morgan fingerprint density at radius 3 is 2.73 bits per heavy atom. The fourth-order valence-electron chi connectivity index (χ4n) is 4.03. The maximum Gasteiger partial charge on any atom is 0.255 e. The summed E-state index contributed by atoms with van der Waals surface area (Å²) in [5.74, 6) is -0.769. The van der Waals surface area contributed by atoms with Crippen molar-refractivity contribution < 1.29 is 14.4 Å². The number of benzene rings is 1. The number of fused-ring (bicyclic) bond motifs is 1. The molecule has 1 unspecified atom stereocenters. The molecule has 3 aliphatic rings. The Bertz CT molecular complexity index is 787. The number of nitrogens with one attached hydrogen (secondary N) is 1. The van der Waals surface area contributed by atoms with Gasteiger partial charge in [0, 0.05) is 37.2 Å². The highest BCUT2D eigenvalue weighted by Crippen LogP contribution is 2.40. The predicted molar refractivity (Wildman–Crippen MR) is 95.0 cm³/mol. The minimum absolute atomic E-state index is 0.113. The summed E-state index contributed by atoms with van der Waals surface area (Å²) in [5, 5.41) is 2.33. The minimum Gasteiger partial charge on any atom is -0.329 e. The van der Waals surface area contributed by atoms with Crippen molar-refractivity contribution in [1.82, 2.24) is 15.1 Å². The lowest BCUT2D eigenvalue weighted by Crippen LogP contribution is -2.52. The molecular formula is C19H24N4O3. The van der Waals surface area contributed by atoms with Crippen molar-refractivity contribution >= 4 is 17.7 Å². The zero-order chi connectivity index (χ0) is 18.5. The number of carbonyl (C=O) groups excluding carboxylic acids is 3. The summed E-state index contributed by atoms with van der Waals surface area (Å²) in [7, 11) is 2.07. The normalized spacial score (nSPS) is 24.0. The largest absolute Gasteiger partial charge is 0.329 e. The van der Waals surface area contributed by atoms with Crippen LogP contribution in [0.1, 0.15) is 47.2 Å². The quantitative estimate of drug-likeness (QED) is 0.743. The highest BCUT2D eigenvalue weighted by atomic mass is 16.2. The first-order valence-corrected chi connectivity index (χ1v) is 9.11. The SMILES string of the molecule is CN(Cc1ccc2c(c1)C(=O)N(C1CCC(=O)NC1=O)C2)C1(CN)CC1. The molecule has 26 heavy (non-hydrogen) atoms. The molecule has 2 fully saturated rings. The topological polar surface area (TPSA) is 95.7 Å². The van der Waals surface area contributed by atoms with Crippen molar-refractivity contribution in [3.8, 4) is 0 Å². The van der Waals surface area contributed by atoms with Gasteiger partial charge in [-0.15, -0.1) is 0 Å². The fraction of sp³-hybridized carbons (Fsp3) is 0.526. The van der Waals surface area contributed by atoms with E-state index in [1.54, 1.807) is 4.90 Å². The van der Waals surface area contributed by atoms with E-state index >= 15 is 0 Å². The van der Waals surface area contributed by atoms with Crippen LogP contribution in [-0.4, -0.2) is 52.7 Å². The van der Waals surface area contributed by atoms with Gasteiger partial charge >= 0.3 is 0 Å². The van der Waals surface area contributed by atoms with Crippen LogP contribution in [-0.2, 0) is 22.7 Å². The summed E-state index contributed by atoms with van der Waals surface area (Å²) in [4.78, 5) is 40.2. The van der Waals surface area contributed by atoms with Crippen molar-refractivity contribution in [2.75, 3.05) is 13.6 Å². The van der Waals surface area contributed by atoms with Gasteiger partial charge < -0.3 is 10.6 Å². The van der Waals surface area contributed by atoms with E-state index in [1.807, 2.05) is 18.2 Å². The number of carbonyl (C=O) groups is 3. The molecule has 3 N–H and O–H groups in total. The highest BCUT2D eigenvalue weighted by Gasteiger charge is 2.45. The zero-order valence-electron chi connectivity index (χ0n) is 15.0. The van der Waals surface area contributed by atoms with Crippen LogP contribution in [0.4, 0.5) is 0 Å². The monoisotopic (exact) mass is 356 g/mol. The van der Waals surface area contributed by atoms with Crippen molar-refractivity contribution in [3.63, 3.8) is 0 Å². The second kappa shape index (κ2) is 6.17. The van der Waals surface area contributed by atoms with E-state index in [0.29, 0.717) is 25.1 Å². The van der Waals surface area contributed by atoms with Crippen LogP contribution >= 0.6 is 0 Å². The Morgan fingerprint density at radius 1 is 1.31 bits per heavy atom. The lowest BCUT2D eigenvalue weighted by molar-refractivity contribution is -0.136. The lowest BCUT2D eigenvalue weighted by Gasteiger charge is -2.29. The number of amides is 3. The summed E-state index contributed by atoms with van der Waals surface area (Å²) in [6, 6.07) is 5.39. The number of hydrogen-bond donors (Lipinski definition) is 2. The molecule has 7 heteroatoms. The molecule has 1 aromatic carbocycles. The molecule has 0 radical (unpaired) electrons. The summed E-state index contributed by atoms with van der Waals surface area (Å²) in [5.41, 5.74) is 8.68. The van der Waals surface area contributed by atoms with Crippen molar-refractivity contribution in [1.29, 1.82) is 0 Å². The van der Waals surface area contributed by atoms with Crippen LogP contribution in [0.15, 0.2) is 18.2 Å². The first-order chi connectivity index (χ1) is 12.4. The Hall–Kier alpha value is -2.25. The van der Waals surface area contributed by atoms with Gasteiger partial charge in [-0.05, 0) is 43.5 Å². The van der Waals surface area contributed by atoms with Gasteiger partial charge in [-0.1, -0.05) is 12.1 Å². The number of nitrogens with two attached hydrogens (primary N) is 1. The van der Waals surface area contributed by atoms with Gasteiger partial charge in [0.05, 0.1) is 0 Å². The van der Waals surface area contributed by atoms with Crippen LogP contribution in [0.3, 0.4) is 0 Å². The molecule has 1 saturated carbocycles. The van der Waals surface area contributed by atoms with Gasteiger partial charge in [-0.25, -0.2) is 0 Å². The van der Waals surface area contributed by atoms with E-state index in [-0.39, 0.29) is 29.7 Å². The average molecular weight is 356 g/mol. The number of likely N-dealkylation sites (N-methyl/N-ethyl adjacent to an activating group) is 1. The van der Waals surface area contributed by atoms with E-state index in [0.717, 1.165) is 30.5 Å². The Labute approximate surface area is 152 Å². The molecule has 2 aliphatic heterocycles. The first kappa shape index (κ1) is 17.2. The molecule has 4 rings (SSSR count). The molecule has 2 heterocycles. The summed E-state index contributed by atoms with van der Waals surface area (Å²) < 4.78 is 0. The summed E-state index contributed by atoms with van der Waals surface area (Å²) >= 11 is 0. The molecule has 1 aromatic rings. The van der Waals surface area contributed by atoms with Crippen LogP contribution in [0, 0.1) is 0 Å². The molecule has 0 aromatic heterocycles. The Morgan fingerprint density at radius 2 is 2.08 bits per heavy atom. The maximum atomic E-state index is 12.9. The van der Waals surface area contributed by atoms with E-state index in [9.17, 15) is 14.4 Å². The number of rotatable bonds is 5. The second-order valence-corrected chi connectivity index (χ2v) is 7.68. The van der Waals surface area contributed by atoms with Crippen LogP contribution in [0.5, 0.6) is 0 Å². The van der Waals surface area contributed by atoms with E-state index < -0.39 is 6.04 Å². The van der Waals surface area contributed by atoms with Crippen LogP contribution in [0.2, 0.25) is 0 Å². The van der Waals surface area contributed by atoms with Gasteiger partial charge in [-0.3, -0.25) is 24.6 Å². The van der Waals surface area contributed by atoms with E-state index in [2.05, 4.69) is 17.3 Å². The van der Waals surface area contributed by atoms with Crippen LogP contribution < -0.4 is 11.1 Å². The van der Waals surface area contributed by atoms with E-state index in [1.165, 1.54) is 0 Å². The fourth-order valence-corrected chi connectivity index (χ4v) is 4.03. The third-order valence-corrected chi connectivity index (χ3v) is 6.03. The van der Waals surface area contributed by atoms with Gasteiger partial charge in [-0.2, -0.15) is 0 Å². The summed E-state index contributed by atoms with van der Waals surface area (Å²) in [6.45, 7) is 1.82. The average Bonchev–Trinajstić information content (AvgIpc) is 3.36. The number of imide groups is 1. The summed E-state index contributed by atoms with van der Waals surface area (Å²) in [6.07, 6.45) is 2.90. The Kier molecular flexibility index (Phi) is 4.08. The third kappa shape index (κ3) is 2.81. The van der Waals surface area contributed by atoms with Gasteiger partial charge in [0.1, 0.15) is 6.04 Å². The highest BCUT2D eigenvalue weighted by molar-refractivity contribution is 6.05. The second-order valence-electron chi connectivity index (χ2n) is 7.68. The minimum atomic E-state index is -0.564. The number of piperidine rings is 1. The predicted octanol–water partition coefficient (Wildman–Crippen LogP) is 0.371. The Balaban J connectivity index is 1.50. The van der Waals surface area contributed by atoms with Crippen LogP contribution in [0.25, 0.3) is 0 Å². The zero-order valence-corrected chi connectivity index (χ0v) is 15.0. The molecule has 7 nitrogen and oxygen atoms in total. The maximum absolute atomic E-state index is 12.9. The smallest absolute Gasteiger partial charge is 0.255 e. The lowest BCUT2D eigenvalue weighted by atomic mass is 10.0. The molecule has 1 saturated heterocycles. The molecule has 1 aliphatic carbocycles. The van der Waals surface area contributed by atoms with Gasteiger partial charge in [0.25, 0.3) is 5.91 Å². The first-order valence-electron chi connectivity index (χ1n) is 9.11. The standard InChI is InChI=1S/C19H24N4O3/c1-22(19(11-20)6-7-19)9-12-2-3-13-10-23(18(26)14(13)8-12)15-4-5-16(24)21-17(15)25/h2-3,8,15H,4-7,9-11,20H2,1H3,(H,21,24,25). The molecule has 0 bridgehead atoms.